The number of hydrogen-bond acceptors (Lipinski definition) is 4. The number of nitrogens with zero attached hydrogens (tertiary/aromatic N) is 2. The van der Waals surface area contributed by atoms with E-state index < -0.39 is 0 Å². The van der Waals surface area contributed by atoms with Gasteiger partial charge in [0.05, 0.1) is 13.2 Å². The number of amides is 1. The summed E-state index contributed by atoms with van der Waals surface area (Å²) in [6.07, 6.45) is 5.22. The van der Waals surface area contributed by atoms with E-state index in [0.29, 0.717) is 19.7 Å². The first-order chi connectivity index (χ1) is 12.2. The zero-order chi connectivity index (χ0) is 17.3. The lowest BCUT2D eigenvalue weighted by atomic mass is 9.87. The molecule has 2 atom stereocenters. The second-order valence-electron chi connectivity index (χ2n) is 6.85. The number of pyridine rings is 1. The minimum absolute atomic E-state index is 0.0271. The van der Waals surface area contributed by atoms with Crippen LogP contribution in [0.25, 0.3) is 0 Å². The lowest BCUT2D eigenvalue weighted by Crippen LogP contribution is -2.37. The molecule has 130 valence electrons. The fourth-order valence-corrected chi connectivity index (χ4v) is 4.00. The molecular weight excluding hydrogens is 316 g/mol. The Hall–Kier alpha value is -2.40. The number of fused-ring (bicyclic) bond motifs is 2. The second kappa shape index (κ2) is 6.48. The van der Waals surface area contributed by atoms with E-state index in [2.05, 4.69) is 11.1 Å². The minimum atomic E-state index is -0.0887. The lowest BCUT2D eigenvalue weighted by Gasteiger charge is -2.28. The Morgan fingerprint density at radius 3 is 3.00 bits per heavy atom. The van der Waals surface area contributed by atoms with Crippen molar-refractivity contribution in [3.63, 3.8) is 0 Å². The minimum Gasteiger partial charge on any atom is -0.493 e. The standard InChI is InChI=1S/C20H22N2O3/c23-10-9-22(14-15-4-3-8-21-13-15)19(24)17-12-20(17)7-11-25-18-6-2-1-5-16(18)20/h1-6,8,13,17,23H,7,9-12,14H2/t17-,20-/m0/s1. The van der Waals surface area contributed by atoms with Gasteiger partial charge in [-0.15, -0.1) is 0 Å². The molecule has 2 aliphatic rings. The van der Waals surface area contributed by atoms with E-state index in [4.69, 9.17) is 4.74 Å². The SMILES string of the molecule is O=C([C@@H]1C[C@]12CCOc1ccccc12)N(CCO)Cc1cccnc1. The van der Waals surface area contributed by atoms with Gasteiger partial charge in [-0.3, -0.25) is 9.78 Å². The number of carbonyl (C=O) groups excluding carboxylic acids is 1. The molecular formula is C20H22N2O3. The molecule has 0 bridgehead atoms. The number of para-hydroxylation sites is 1. The number of aliphatic hydroxyl groups is 1. The van der Waals surface area contributed by atoms with E-state index >= 15 is 0 Å². The number of hydrogen-bond donors (Lipinski definition) is 1. The number of ether oxygens (including phenoxy) is 1. The van der Waals surface area contributed by atoms with Crippen LogP contribution in [0.15, 0.2) is 48.8 Å². The van der Waals surface area contributed by atoms with Crippen LogP contribution in [0.3, 0.4) is 0 Å². The summed E-state index contributed by atoms with van der Waals surface area (Å²) in [5.74, 6) is 1.00. The van der Waals surface area contributed by atoms with Gasteiger partial charge in [-0.25, -0.2) is 0 Å². The summed E-state index contributed by atoms with van der Waals surface area (Å²) in [5.41, 5.74) is 2.05. The van der Waals surface area contributed by atoms with Crippen LogP contribution in [-0.2, 0) is 16.8 Å². The molecule has 1 fully saturated rings. The quantitative estimate of drug-likeness (QED) is 0.907. The largest absolute Gasteiger partial charge is 0.493 e. The zero-order valence-corrected chi connectivity index (χ0v) is 14.1. The van der Waals surface area contributed by atoms with Crippen molar-refractivity contribution < 1.29 is 14.6 Å². The monoisotopic (exact) mass is 338 g/mol. The van der Waals surface area contributed by atoms with Crippen LogP contribution < -0.4 is 4.74 Å². The Labute approximate surface area is 147 Å². The van der Waals surface area contributed by atoms with Crippen molar-refractivity contribution >= 4 is 5.91 Å². The predicted octanol–water partition coefficient (Wildman–Crippen LogP) is 2.14. The normalized spacial score (nSPS) is 23.6. The van der Waals surface area contributed by atoms with E-state index in [-0.39, 0.29) is 23.8 Å². The molecule has 0 radical (unpaired) electrons. The number of carbonyl (C=O) groups is 1. The van der Waals surface area contributed by atoms with Crippen molar-refractivity contribution in [3.05, 3.63) is 59.9 Å². The van der Waals surface area contributed by atoms with Crippen molar-refractivity contribution in [1.82, 2.24) is 9.88 Å². The van der Waals surface area contributed by atoms with E-state index in [9.17, 15) is 9.90 Å². The highest BCUT2D eigenvalue weighted by Gasteiger charge is 2.61. The predicted molar refractivity (Wildman–Crippen MR) is 93.1 cm³/mol. The van der Waals surface area contributed by atoms with Gasteiger partial charge in [0.2, 0.25) is 5.91 Å². The summed E-state index contributed by atoms with van der Waals surface area (Å²) in [4.78, 5) is 19.0. The molecule has 0 unspecified atom stereocenters. The van der Waals surface area contributed by atoms with Crippen LogP contribution in [0.5, 0.6) is 5.75 Å². The van der Waals surface area contributed by atoms with Gasteiger partial charge < -0.3 is 14.7 Å². The first kappa shape index (κ1) is 16.1. The Morgan fingerprint density at radius 1 is 1.32 bits per heavy atom. The molecule has 1 N–H and O–H groups in total. The maximum Gasteiger partial charge on any atom is 0.227 e. The Morgan fingerprint density at radius 2 is 2.20 bits per heavy atom. The van der Waals surface area contributed by atoms with E-state index in [0.717, 1.165) is 29.7 Å². The third-order valence-corrected chi connectivity index (χ3v) is 5.38. The van der Waals surface area contributed by atoms with Gasteiger partial charge in [0.1, 0.15) is 5.75 Å². The molecule has 2 heterocycles. The highest BCUT2D eigenvalue weighted by atomic mass is 16.5. The van der Waals surface area contributed by atoms with Gasteiger partial charge in [-0.05, 0) is 30.5 Å². The first-order valence-corrected chi connectivity index (χ1v) is 8.75. The summed E-state index contributed by atoms with van der Waals surface area (Å²) in [5, 5.41) is 9.40. The fraction of sp³-hybridized carbons (Fsp3) is 0.400. The maximum atomic E-state index is 13.1. The Balaban J connectivity index is 1.55. The molecule has 1 aromatic heterocycles. The van der Waals surface area contributed by atoms with Gasteiger partial charge in [-0.2, -0.15) is 0 Å². The van der Waals surface area contributed by atoms with Crippen LogP contribution in [0.1, 0.15) is 24.0 Å². The molecule has 1 saturated carbocycles. The summed E-state index contributed by atoms with van der Waals surface area (Å²) in [6, 6.07) is 11.9. The summed E-state index contributed by atoms with van der Waals surface area (Å²) in [6.45, 7) is 1.45. The third kappa shape index (κ3) is 2.89. The number of benzene rings is 1. The maximum absolute atomic E-state index is 13.1. The lowest BCUT2D eigenvalue weighted by molar-refractivity contribution is -0.134. The molecule has 0 saturated heterocycles. The number of rotatable bonds is 5. The van der Waals surface area contributed by atoms with E-state index in [1.807, 2.05) is 30.3 Å². The molecule has 25 heavy (non-hydrogen) atoms. The van der Waals surface area contributed by atoms with Crippen LogP contribution in [0, 0.1) is 5.92 Å². The summed E-state index contributed by atoms with van der Waals surface area (Å²) < 4.78 is 5.76. The molecule has 1 spiro atoms. The van der Waals surface area contributed by atoms with Gasteiger partial charge in [-0.1, -0.05) is 24.3 Å². The van der Waals surface area contributed by atoms with Crippen molar-refractivity contribution in [2.45, 2.75) is 24.8 Å². The van der Waals surface area contributed by atoms with Crippen LogP contribution in [0.4, 0.5) is 0 Å². The highest BCUT2D eigenvalue weighted by Crippen LogP contribution is 2.61. The van der Waals surface area contributed by atoms with Crippen molar-refractivity contribution in [2.75, 3.05) is 19.8 Å². The van der Waals surface area contributed by atoms with E-state index in [1.165, 1.54) is 0 Å². The molecule has 4 rings (SSSR count). The Bertz CT molecular complexity index is 765. The molecule has 1 aliphatic carbocycles. The van der Waals surface area contributed by atoms with Crippen molar-refractivity contribution in [3.8, 4) is 5.75 Å². The van der Waals surface area contributed by atoms with E-state index in [1.54, 1.807) is 17.3 Å². The molecule has 2 aromatic rings. The van der Waals surface area contributed by atoms with Gasteiger partial charge in [0.15, 0.2) is 0 Å². The van der Waals surface area contributed by atoms with Gasteiger partial charge in [0.25, 0.3) is 0 Å². The fourth-order valence-electron chi connectivity index (χ4n) is 4.00. The van der Waals surface area contributed by atoms with Crippen LogP contribution >= 0.6 is 0 Å². The van der Waals surface area contributed by atoms with Gasteiger partial charge in [0, 0.05) is 42.4 Å². The molecule has 5 nitrogen and oxygen atoms in total. The molecule has 1 aromatic carbocycles. The van der Waals surface area contributed by atoms with Crippen molar-refractivity contribution in [2.24, 2.45) is 5.92 Å². The number of aromatic nitrogens is 1. The molecule has 5 heteroatoms. The average Bonchev–Trinajstić information content (AvgIpc) is 3.37. The highest BCUT2D eigenvalue weighted by molar-refractivity contribution is 5.85. The summed E-state index contributed by atoms with van der Waals surface area (Å²) in [7, 11) is 0. The smallest absolute Gasteiger partial charge is 0.227 e. The average molecular weight is 338 g/mol. The second-order valence-corrected chi connectivity index (χ2v) is 6.85. The van der Waals surface area contributed by atoms with Crippen molar-refractivity contribution in [1.29, 1.82) is 0 Å². The summed E-state index contributed by atoms with van der Waals surface area (Å²) >= 11 is 0. The zero-order valence-electron chi connectivity index (χ0n) is 14.1. The topological polar surface area (TPSA) is 62.7 Å². The van der Waals surface area contributed by atoms with Crippen LogP contribution in [0.2, 0.25) is 0 Å². The first-order valence-electron chi connectivity index (χ1n) is 8.75. The molecule has 1 amide bonds. The third-order valence-electron chi connectivity index (χ3n) is 5.38. The van der Waals surface area contributed by atoms with Crippen LogP contribution in [-0.4, -0.2) is 40.7 Å². The number of aliphatic hydroxyl groups excluding tert-OH is 1. The Kier molecular flexibility index (Phi) is 4.17. The molecule has 1 aliphatic heterocycles. The van der Waals surface area contributed by atoms with Gasteiger partial charge >= 0.3 is 0 Å².